The summed E-state index contributed by atoms with van der Waals surface area (Å²) in [5.41, 5.74) is 2.18. The highest BCUT2D eigenvalue weighted by Gasteiger charge is 2.70. The van der Waals surface area contributed by atoms with Gasteiger partial charge in [-0.3, -0.25) is 14.5 Å². The fourth-order valence-electron chi connectivity index (χ4n) is 6.62. The van der Waals surface area contributed by atoms with E-state index >= 15 is 0 Å². The van der Waals surface area contributed by atoms with Crippen molar-refractivity contribution in [3.8, 4) is 0 Å². The van der Waals surface area contributed by atoms with Crippen LogP contribution in [0.25, 0.3) is 10.8 Å². The lowest BCUT2D eigenvalue weighted by Gasteiger charge is -2.30. The third kappa shape index (κ3) is 2.58. The molecular formula is C26H18Cl2N2O3. The molecule has 0 unspecified atom stereocenters. The fourth-order valence-corrected chi connectivity index (χ4v) is 7.12. The highest BCUT2D eigenvalue weighted by Crippen LogP contribution is 2.62. The van der Waals surface area contributed by atoms with Gasteiger partial charge in [-0.2, -0.15) is 0 Å². The van der Waals surface area contributed by atoms with Crippen LogP contribution in [0.4, 0.5) is 5.69 Å². The number of nitrogens with zero attached hydrogens (tertiary/aromatic N) is 2. The lowest BCUT2D eigenvalue weighted by molar-refractivity contribution is -0.125. The molecule has 6 atom stereocenters. The Hall–Kier alpha value is -2.89. The van der Waals surface area contributed by atoms with Gasteiger partial charge < -0.3 is 4.84 Å². The summed E-state index contributed by atoms with van der Waals surface area (Å²) in [5, 5.41) is 7.50. The van der Waals surface area contributed by atoms with E-state index in [1.165, 1.54) is 4.90 Å². The normalized spacial score (nSPS) is 31.7. The Morgan fingerprint density at radius 3 is 2.39 bits per heavy atom. The van der Waals surface area contributed by atoms with Gasteiger partial charge in [0.05, 0.1) is 28.3 Å². The smallest absolute Gasteiger partial charge is 0.238 e. The van der Waals surface area contributed by atoms with E-state index in [9.17, 15) is 9.59 Å². The number of halogens is 2. The quantitative estimate of drug-likeness (QED) is 0.470. The summed E-state index contributed by atoms with van der Waals surface area (Å²) in [5.74, 6) is -1.02. The van der Waals surface area contributed by atoms with Crippen LogP contribution in [-0.2, 0) is 14.4 Å². The first kappa shape index (κ1) is 19.6. The number of benzene rings is 3. The Morgan fingerprint density at radius 1 is 0.848 bits per heavy atom. The highest BCUT2D eigenvalue weighted by molar-refractivity contribution is 6.37. The van der Waals surface area contributed by atoms with Gasteiger partial charge in [0, 0.05) is 22.4 Å². The van der Waals surface area contributed by atoms with E-state index in [1.54, 1.807) is 12.1 Å². The monoisotopic (exact) mass is 476 g/mol. The summed E-state index contributed by atoms with van der Waals surface area (Å²) in [6, 6.07) is 19.0. The lowest BCUT2D eigenvalue weighted by atomic mass is 9.71. The molecule has 2 saturated carbocycles. The van der Waals surface area contributed by atoms with Crippen molar-refractivity contribution in [3.63, 3.8) is 0 Å². The molecule has 2 amide bonds. The van der Waals surface area contributed by atoms with E-state index in [1.807, 2.05) is 48.5 Å². The van der Waals surface area contributed by atoms with Crippen molar-refractivity contribution in [3.05, 3.63) is 76.3 Å². The lowest BCUT2D eigenvalue weighted by Crippen LogP contribution is -2.41. The molecule has 33 heavy (non-hydrogen) atoms. The zero-order valence-corrected chi connectivity index (χ0v) is 18.8. The van der Waals surface area contributed by atoms with Gasteiger partial charge in [0.25, 0.3) is 0 Å². The predicted octanol–water partition coefficient (Wildman–Crippen LogP) is 5.32. The van der Waals surface area contributed by atoms with Gasteiger partial charge in [-0.1, -0.05) is 64.8 Å². The number of hydrogen-bond donors (Lipinski definition) is 0. The number of fused-ring (bicyclic) bond motifs is 9. The second-order valence-electron chi connectivity index (χ2n) is 9.35. The Morgan fingerprint density at radius 2 is 1.61 bits per heavy atom. The average molecular weight is 477 g/mol. The summed E-state index contributed by atoms with van der Waals surface area (Å²) in [6.45, 7) is 0. The zero-order chi connectivity index (χ0) is 22.4. The number of imide groups is 1. The van der Waals surface area contributed by atoms with Crippen molar-refractivity contribution in [1.29, 1.82) is 0 Å². The summed E-state index contributed by atoms with van der Waals surface area (Å²) in [7, 11) is 0. The number of rotatable bonds is 2. The summed E-state index contributed by atoms with van der Waals surface area (Å²) < 4.78 is 0. The molecule has 2 heterocycles. The van der Waals surface area contributed by atoms with Crippen LogP contribution in [0.1, 0.15) is 12.0 Å². The Bertz CT molecular complexity index is 1400. The van der Waals surface area contributed by atoms with Crippen LogP contribution in [0.15, 0.2) is 65.8 Å². The Kier molecular flexibility index (Phi) is 4.04. The minimum Gasteiger partial charge on any atom is -0.391 e. The van der Waals surface area contributed by atoms with Crippen molar-refractivity contribution in [2.24, 2.45) is 34.7 Å². The number of hydrogen-bond acceptors (Lipinski definition) is 4. The molecule has 4 aliphatic rings. The van der Waals surface area contributed by atoms with E-state index in [2.05, 4.69) is 5.16 Å². The zero-order valence-electron chi connectivity index (χ0n) is 17.3. The fraction of sp³-hybridized carbons (Fsp3) is 0.269. The van der Waals surface area contributed by atoms with Gasteiger partial charge in [-0.05, 0) is 47.4 Å². The SMILES string of the molecule is O=C1[C@@H]2[C@H]3C[C@@H]([C@@H]4ON=C(c5ccc(Cl)cc5Cl)[C@@H]34)[C@H]2C(=O)N1c1ccc2ccccc2c1. The Labute approximate surface area is 199 Å². The molecular weight excluding hydrogens is 459 g/mol. The molecule has 7 heteroatoms. The van der Waals surface area contributed by atoms with Gasteiger partial charge in [0.1, 0.15) is 6.10 Å². The topological polar surface area (TPSA) is 59.0 Å². The van der Waals surface area contributed by atoms with Crippen LogP contribution in [0.2, 0.25) is 10.0 Å². The predicted molar refractivity (Wildman–Crippen MR) is 126 cm³/mol. The molecule has 3 aromatic carbocycles. The molecule has 7 rings (SSSR count). The number of anilines is 1. The van der Waals surface area contributed by atoms with Gasteiger partial charge in [-0.15, -0.1) is 0 Å². The van der Waals surface area contributed by atoms with Crippen molar-refractivity contribution >= 4 is 57.2 Å². The van der Waals surface area contributed by atoms with Crippen molar-refractivity contribution in [2.75, 3.05) is 4.90 Å². The summed E-state index contributed by atoms with van der Waals surface area (Å²) in [6.07, 6.45) is 0.587. The van der Waals surface area contributed by atoms with Gasteiger partial charge in [0.2, 0.25) is 11.8 Å². The molecule has 0 spiro atoms. The maximum Gasteiger partial charge on any atom is 0.238 e. The molecule has 0 aromatic heterocycles. The molecule has 3 aromatic rings. The third-order valence-corrected chi connectivity index (χ3v) is 8.44. The largest absolute Gasteiger partial charge is 0.391 e. The summed E-state index contributed by atoms with van der Waals surface area (Å²) >= 11 is 12.5. The standard InChI is InChI=1S/C26H18Cl2N2O3/c27-14-6-8-16(19(28)10-14)23-22-17-11-18(24(22)33-29-23)21-20(17)25(31)30(26(21)32)15-7-5-12-3-1-2-4-13(12)9-15/h1-10,17-18,20-22,24H,11H2/t17-,18-,20-,21-,22-,24+/m1/s1. The van der Waals surface area contributed by atoms with E-state index in [0.717, 1.165) is 28.5 Å². The van der Waals surface area contributed by atoms with Gasteiger partial charge >= 0.3 is 0 Å². The van der Waals surface area contributed by atoms with E-state index in [4.69, 9.17) is 28.0 Å². The van der Waals surface area contributed by atoms with Gasteiger partial charge in [0.15, 0.2) is 0 Å². The van der Waals surface area contributed by atoms with Crippen molar-refractivity contribution in [2.45, 2.75) is 12.5 Å². The highest BCUT2D eigenvalue weighted by atomic mass is 35.5. The molecule has 1 saturated heterocycles. The van der Waals surface area contributed by atoms with E-state index in [0.29, 0.717) is 15.7 Å². The van der Waals surface area contributed by atoms with Crippen LogP contribution in [0.5, 0.6) is 0 Å². The maximum atomic E-state index is 13.6. The van der Waals surface area contributed by atoms with Crippen LogP contribution in [-0.4, -0.2) is 23.6 Å². The number of amides is 2. The average Bonchev–Trinajstić information content (AvgIpc) is 3.54. The van der Waals surface area contributed by atoms with Crippen molar-refractivity contribution in [1.82, 2.24) is 0 Å². The van der Waals surface area contributed by atoms with Crippen LogP contribution >= 0.6 is 23.2 Å². The molecule has 3 fully saturated rings. The first-order valence-corrected chi connectivity index (χ1v) is 11.8. The minimum absolute atomic E-state index is 0.0000915. The molecule has 164 valence electrons. The second kappa shape index (κ2) is 6.81. The number of oxime groups is 1. The minimum atomic E-state index is -0.356. The van der Waals surface area contributed by atoms with Gasteiger partial charge in [-0.25, -0.2) is 0 Å². The number of carbonyl (C=O) groups excluding carboxylic acids is 2. The molecule has 2 bridgehead atoms. The van der Waals surface area contributed by atoms with Crippen LogP contribution in [0, 0.1) is 29.6 Å². The van der Waals surface area contributed by atoms with E-state index in [-0.39, 0.29) is 47.5 Å². The van der Waals surface area contributed by atoms with Crippen molar-refractivity contribution < 1.29 is 14.4 Å². The molecule has 0 N–H and O–H groups in total. The van der Waals surface area contributed by atoms with E-state index < -0.39 is 0 Å². The molecule has 2 aliphatic heterocycles. The molecule has 5 nitrogen and oxygen atoms in total. The summed E-state index contributed by atoms with van der Waals surface area (Å²) in [4.78, 5) is 34.4. The number of carbonyl (C=O) groups is 2. The van der Waals surface area contributed by atoms with Crippen LogP contribution < -0.4 is 4.90 Å². The first-order chi connectivity index (χ1) is 16.0. The maximum absolute atomic E-state index is 13.6. The Balaban J connectivity index is 1.25. The first-order valence-electron chi connectivity index (χ1n) is 11.1. The molecule has 2 aliphatic carbocycles. The third-order valence-electron chi connectivity index (χ3n) is 7.89. The van der Waals surface area contributed by atoms with Crippen LogP contribution in [0.3, 0.4) is 0 Å². The second-order valence-corrected chi connectivity index (χ2v) is 10.2. The molecule has 0 radical (unpaired) electrons.